The van der Waals surface area contributed by atoms with E-state index < -0.39 is 5.41 Å². The van der Waals surface area contributed by atoms with Crippen LogP contribution in [0.3, 0.4) is 0 Å². The Kier molecular flexibility index (Phi) is 4.61. The maximum absolute atomic E-state index is 13.5. The van der Waals surface area contributed by atoms with Crippen LogP contribution in [0.15, 0.2) is 60.8 Å². The van der Waals surface area contributed by atoms with Crippen LogP contribution in [0.1, 0.15) is 28.8 Å². The number of benzene rings is 2. The second-order valence-corrected chi connectivity index (χ2v) is 8.77. The summed E-state index contributed by atoms with van der Waals surface area (Å²) in [5.41, 5.74) is 2.41. The predicted molar refractivity (Wildman–Crippen MR) is 117 cm³/mol. The number of hydrogen-bond donors (Lipinski definition) is 0. The number of aryl methyl sites for hydroxylation is 1. The van der Waals surface area contributed by atoms with E-state index >= 15 is 0 Å². The van der Waals surface area contributed by atoms with Gasteiger partial charge in [0.1, 0.15) is 0 Å². The van der Waals surface area contributed by atoms with Crippen molar-refractivity contribution >= 4 is 22.7 Å². The molecule has 154 valence electrons. The molecule has 30 heavy (non-hydrogen) atoms. The van der Waals surface area contributed by atoms with E-state index in [0.29, 0.717) is 19.5 Å². The van der Waals surface area contributed by atoms with Crippen molar-refractivity contribution < 1.29 is 9.59 Å². The third-order valence-electron chi connectivity index (χ3n) is 6.63. The minimum Gasteiger partial charge on any atom is -0.350 e. The van der Waals surface area contributed by atoms with Gasteiger partial charge in [0.05, 0.1) is 11.0 Å². The quantitative estimate of drug-likeness (QED) is 0.672. The summed E-state index contributed by atoms with van der Waals surface area (Å²) in [7, 11) is 1.96. The molecule has 2 saturated heterocycles. The van der Waals surface area contributed by atoms with E-state index in [1.54, 1.807) is 0 Å². The van der Waals surface area contributed by atoms with Crippen LogP contribution in [0.4, 0.5) is 0 Å². The Bertz CT molecular complexity index is 1090. The summed E-state index contributed by atoms with van der Waals surface area (Å²) in [5, 5.41) is 0.969. The van der Waals surface area contributed by atoms with E-state index in [0.717, 1.165) is 48.0 Å². The average molecular weight is 402 g/mol. The summed E-state index contributed by atoms with van der Waals surface area (Å²) >= 11 is 0. The molecule has 5 rings (SSSR count). The van der Waals surface area contributed by atoms with Crippen LogP contribution in [0.2, 0.25) is 0 Å². The van der Waals surface area contributed by atoms with Crippen molar-refractivity contribution in [3.05, 3.63) is 71.9 Å². The molecule has 0 radical (unpaired) electrons. The molecule has 0 unspecified atom stereocenters. The fraction of sp³-hybridized carbons (Fsp3) is 0.360. The van der Waals surface area contributed by atoms with Crippen molar-refractivity contribution in [1.29, 1.82) is 0 Å². The van der Waals surface area contributed by atoms with Gasteiger partial charge in [-0.1, -0.05) is 48.5 Å². The predicted octanol–water partition coefficient (Wildman–Crippen LogP) is 3.49. The molecule has 0 spiro atoms. The standard InChI is InChI=1S/C25H27N3O2/c1-26-16-21(20-11-5-6-12-22(20)26)23(29)28-17-25(18-28,15-19-9-3-2-4-10-19)24(30)27-13-7-8-14-27/h2-6,9-12,16H,7-8,13-15,17-18H2,1H3. The van der Waals surface area contributed by atoms with E-state index in [4.69, 9.17) is 0 Å². The average Bonchev–Trinajstić information content (AvgIpc) is 3.39. The van der Waals surface area contributed by atoms with Gasteiger partial charge in [-0.15, -0.1) is 0 Å². The lowest BCUT2D eigenvalue weighted by atomic mass is 9.73. The Morgan fingerprint density at radius 3 is 2.30 bits per heavy atom. The second kappa shape index (κ2) is 7.31. The summed E-state index contributed by atoms with van der Waals surface area (Å²) < 4.78 is 1.99. The lowest BCUT2D eigenvalue weighted by molar-refractivity contribution is -0.149. The summed E-state index contributed by atoms with van der Waals surface area (Å²) in [6.45, 7) is 2.65. The molecule has 0 aliphatic carbocycles. The highest BCUT2D eigenvalue weighted by Crippen LogP contribution is 2.38. The first-order valence-electron chi connectivity index (χ1n) is 10.7. The maximum atomic E-state index is 13.5. The second-order valence-electron chi connectivity index (χ2n) is 8.77. The van der Waals surface area contributed by atoms with E-state index in [-0.39, 0.29) is 11.8 Å². The highest BCUT2D eigenvalue weighted by Gasteiger charge is 2.52. The minimum absolute atomic E-state index is 0.0182. The fourth-order valence-electron chi connectivity index (χ4n) is 5.08. The molecule has 0 atom stereocenters. The van der Waals surface area contributed by atoms with Gasteiger partial charge < -0.3 is 14.4 Å². The van der Waals surface area contributed by atoms with Gasteiger partial charge >= 0.3 is 0 Å². The van der Waals surface area contributed by atoms with Crippen molar-refractivity contribution in [2.24, 2.45) is 12.5 Å². The lowest BCUT2D eigenvalue weighted by Crippen LogP contribution is -2.65. The van der Waals surface area contributed by atoms with Crippen LogP contribution < -0.4 is 0 Å². The van der Waals surface area contributed by atoms with Gasteiger partial charge in [0.2, 0.25) is 5.91 Å². The summed E-state index contributed by atoms with van der Waals surface area (Å²) in [5.74, 6) is 0.232. The lowest BCUT2D eigenvalue weighted by Gasteiger charge is -2.50. The van der Waals surface area contributed by atoms with Crippen LogP contribution in [0.5, 0.6) is 0 Å². The largest absolute Gasteiger partial charge is 0.350 e. The topological polar surface area (TPSA) is 45.6 Å². The first-order chi connectivity index (χ1) is 14.6. The zero-order chi connectivity index (χ0) is 20.7. The Balaban J connectivity index is 1.41. The molecule has 2 aliphatic rings. The highest BCUT2D eigenvalue weighted by molar-refractivity contribution is 6.07. The van der Waals surface area contributed by atoms with Crippen LogP contribution in [0.25, 0.3) is 10.9 Å². The highest BCUT2D eigenvalue weighted by atomic mass is 16.2. The molecule has 5 nitrogen and oxygen atoms in total. The van der Waals surface area contributed by atoms with Crippen LogP contribution in [0, 0.1) is 5.41 Å². The smallest absolute Gasteiger partial charge is 0.256 e. The zero-order valence-electron chi connectivity index (χ0n) is 17.4. The Hall–Kier alpha value is -3.08. The van der Waals surface area contributed by atoms with Gasteiger partial charge in [-0.2, -0.15) is 0 Å². The van der Waals surface area contributed by atoms with Gasteiger partial charge in [0.15, 0.2) is 0 Å². The molecule has 2 aromatic carbocycles. The van der Waals surface area contributed by atoms with Crippen LogP contribution in [-0.4, -0.2) is 52.4 Å². The van der Waals surface area contributed by atoms with Crippen LogP contribution in [-0.2, 0) is 18.3 Å². The first-order valence-corrected chi connectivity index (χ1v) is 10.7. The summed E-state index contributed by atoms with van der Waals surface area (Å²) in [6, 6.07) is 18.2. The number of aromatic nitrogens is 1. The molecule has 2 aliphatic heterocycles. The number of carbonyl (C=O) groups is 2. The fourth-order valence-corrected chi connectivity index (χ4v) is 5.08. The zero-order valence-corrected chi connectivity index (χ0v) is 17.4. The molecule has 0 bridgehead atoms. The van der Waals surface area contributed by atoms with Crippen LogP contribution >= 0.6 is 0 Å². The molecule has 3 aromatic rings. The Morgan fingerprint density at radius 2 is 1.57 bits per heavy atom. The number of rotatable bonds is 4. The van der Waals surface area contributed by atoms with Crippen molar-refractivity contribution in [2.75, 3.05) is 26.2 Å². The number of amides is 2. The van der Waals surface area contributed by atoms with Gasteiger partial charge in [-0.3, -0.25) is 9.59 Å². The number of hydrogen-bond acceptors (Lipinski definition) is 2. The van der Waals surface area contributed by atoms with E-state index in [9.17, 15) is 9.59 Å². The molecular formula is C25H27N3O2. The van der Waals surface area contributed by atoms with E-state index in [1.807, 2.05) is 70.1 Å². The molecule has 1 aromatic heterocycles. The van der Waals surface area contributed by atoms with Crippen molar-refractivity contribution in [3.63, 3.8) is 0 Å². The summed E-state index contributed by atoms with van der Waals surface area (Å²) in [4.78, 5) is 30.6. The molecule has 5 heteroatoms. The number of carbonyl (C=O) groups excluding carboxylic acids is 2. The molecule has 0 saturated carbocycles. The number of para-hydroxylation sites is 1. The first kappa shape index (κ1) is 18.9. The molecule has 3 heterocycles. The van der Waals surface area contributed by atoms with Gasteiger partial charge in [0, 0.05) is 50.3 Å². The molecule has 2 fully saturated rings. The van der Waals surface area contributed by atoms with Crippen molar-refractivity contribution in [2.45, 2.75) is 19.3 Å². The third kappa shape index (κ3) is 3.09. The molecular weight excluding hydrogens is 374 g/mol. The third-order valence-corrected chi connectivity index (χ3v) is 6.63. The minimum atomic E-state index is -0.508. The van der Waals surface area contributed by atoms with Gasteiger partial charge in [0.25, 0.3) is 5.91 Å². The van der Waals surface area contributed by atoms with E-state index in [1.165, 1.54) is 0 Å². The maximum Gasteiger partial charge on any atom is 0.256 e. The van der Waals surface area contributed by atoms with Crippen molar-refractivity contribution in [3.8, 4) is 0 Å². The Labute approximate surface area is 176 Å². The van der Waals surface area contributed by atoms with Gasteiger partial charge in [-0.25, -0.2) is 0 Å². The number of fused-ring (bicyclic) bond motifs is 1. The molecule has 2 amide bonds. The van der Waals surface area contributed by atoms with Gasteiger partial charge in [-0.05, 0) is 30.9 Å². The molecule has 0 N–H and O–H groups in total. The number of nitrogens with zero attached hydrogens (tertiary/aromatic N) is 3. The number of likely N-dealkylation sites (tertiary alicyclic amines) is 2. The Morgan fingerprint density at radius 1 is 0.900 bits per heavy atom. The summed E-state index contributed by atoms with van der Waals surface area (Å²) in [6.07, 6.45) is 4.74. The van der Waals surface area contributed by atoms with E-state index in [2.05, 4.69) is 12.1 Å². The normalized spacial score (nSPS) is 17.9. The monoisotopic (exact) mass is 401 g/mol. The SMILES string of the molecule is Cn1cc(C(=O)N2CC(Cc3ccccc3)(C(=O)N3CCCC3)C2)c2ccccc21. The van der Waals surface area contributed by atoms with Crippen molar-refractivity contribution in [1.82, 2.24) is 14.4 Å².